The molecule has 0 saturated carbocycles. The lowest BCUT2D eigenvalue weighted by atomic mass is 10.2. The number of nitrogens with zero attached hydrogens (tertiary/aromatic N) is 1. The third-order valence-corrected chi connectivity index (χ3v) is 2.71. The highest BCUT2D eigenvalue weighted by Gasteiger charge is 2.19. The molecule has 0 aliphatic carbocycles. The first-order valence-electron chi connectivity index (χ1n) is 5.82. The Balaban J connectivity index is 2.10. The van der Waals surface area contributed by atoms with Crippen molar-refractivity contribution in [2.24, 2.45) is 0 Å². The smallest absolute Gasteiger partial charge is 0.509 e. The van der Waals surface area contributed by atoms with Gasteiger partial charge in [0.2, 0.25) is 11.7 Å². The topological polar surface area (TPSA) is 75.7 Å². The summed E-state index contributed by atoms with van der Waals surface area (Å²) in [7, 11) is -2.10. The Morgan fingerprint density at radius 1 is 1.10 bits per heavy atom. The second-order valence-electron chi connectivity index (χ2n) is 4.06. The Bertz CT molecular complexity index is 745. The highest BCUT2D eigenvalue weighted by atomic mass is 19.1. The van der Waals surface area contributed by atoms with Crippen molar-refractivity contribution in [1.29, 1.82) is 0 Å². The van der Waals surface area contributed by atoms with Gasteiger partial charge in [-0.25, -0.2) is 4.98 Å². The molecule has 0 fully saturated rings. The van der Waals surface area contributed by atoms with Crippen LogP contribution in [0.4, 0.5) is 4.39 Å². The fraction of sp³-hybridized carbons (Fsp3) is 0. The van der Waals surface area contributed by atoms with Crippen molar-refractivity contribution in [3.05, 3.63) is 48.3 Å². The Labute approximate surface area is 113 Å². The minimum atomic E-state index is -2.10. The number of rotatable bonds is 3. The van der Waals surface area contributed by atoms with Gasteiger partial charge in [-0.15, -0.1) is 0 Å². The van der Waals surface area contributed by atoms with Gasteiger partial charge in [0.25, 0.3) is 0 Å². The molecule has 0 amide bonds. The van der Waals surface area contributed by atoms with Crippen LogP contribution >= 0.6 is 0 Å². The van der Waals surface area contributed by atoms with Gasteiger partial charge in [0.1, 0.15) is 11.3 Å². The van der Waals surface area contributed by atoms with E-state index in [9.17, 15) is 4.39 Å². The van der Waals surface area contributed by atoms with E-state index >= 15 is 0 Å². The first kappa shape index (κ1) is 12.6. The molecule has 0 aliphatic heterocycles. The van der Waals surface area contributed by atoms with Crippen molar-refractivity contribution in [1.82, 2.24) is 4.98 Å². The van der Waals surface area contributed by atoms with E-state index < -0.39 is 13.1 Å². The van der Waals surface area contributed by atoms with E-state index in [-0.39, 0.29) is 17.2 Å². The number of fused-ring (bicyclic) bond motifs is 1. The minimum absolute atomic E-state index is 0.0954. The minimum Gasteiger partial charge on any atom is -0.509 e. The van der Waals surface area contributed by atoms with Crippen LogP contribution in [-0.4, -0.2) is 22.4 Å². The molecule has 20 heavy (non-hydrogen) atoms. The first-order chi connectivity index (χ1) is 9.65. The van der Waals surface area contributed by atoms with Gasteiger partial charge in [0.05, 0.1) is 0 Å². The zero-order valence-corrected chi connectivity index (χ0v) is 10.2. The number of oxazole rings is 1. The van der Waals surface area contributed by atoms with Gasteiger partial charge >= 0.3 is 7.32 Å². The lowest BCUT2D eigenvalue weighted by Gasteiger charge is -2.04. The standard InChI is InChI=1S/C13H9BFNO4/c15-11-10(20-14(17)18)7-6-9-12(11)19-13(16-9)8-4-2-1-3-5-8/h1-7,17-18H. The van der Waals surface area contributed by atoms with Crippen LogP contribution in [0.5, 0.6) is 5.75 Å². The molecule has 100 valence electrons. The van der Waals surface area contributed by atoms with E-state index in [4.69, 9.17) is 14.5 Å². The summed E-state index contributed by atoms with van der Waals surface area (Å²) < 4.78 is 24.0. The van der Waals surface area contributed by atoms with Gasteiger partial charge in [-0.2, -0.15) is 4.39 Å². The van der Waals surface area contributed by atoms with Crippen molar-refractivity contribution in [2.75, 3.05) is 0 Å². The fourth-order valence-electron chi connectivity index (χ4n) is 1.85. The van der Waals surface area contributed by atoms with E-state index in [1.165, 1.54) is 12.1 Å². The Hall–Kier alpha value is -2.38. The third-order valence-electron chi connectivity index (χ3n) is 2.71. The second-order valence-corrected chi connectivity index (χ2v) is 4.06. The molecule has 0 spiro atoms. The van der Waals surface area contributed by atoms with E-state index in [1.807, 2.05) is 18.2 Å². The third kappa shape index (κ3) is 2.24. The molecule has 5 nitrogen and oxygen atoms in total. The van der Waals surface area contributed by atoms with E-state index in [2.05, 4.69) is 9.64 Å². The van der Waals surface area contributed by atoms with Gasteiger partial charge in [-0.3, -0.25) is 0 Å². The predicted octanol–water partition coefficient (Wildman–Crippen LogP) is 1.98. The summed E-state index contributed by atoms with van der Waals surface area (Å²) in [6.07, 6.45) is 0. The SMILES string of the molecule is OB(O)Oc1ccc2nc(-c3ccccc3)oc2c1F. The van der Waals surface area contributed by atoms with Gasteiger partial charge in [0.15, 0.2) is 5.58 Å². The quantitative estimate of drug-likeness (QED) is 0.713. The first-order valence-corrected chi connectivity index (χ1v) is 5.82. The Kier molecular flexibility index (Phi) is 3.13. The number of halogens is 1. The van der Waals surface area contributed by atoms with Crippen molar-refractivity contribution in [3.63, 3.8) is 0 Å². The maximum atomic E-state index is 14.1. The molecule has 3 aromatic rings. The molecule has 0 unspecified atom stereocenters. The van der Waals surface area contributed by atoms with E-state index in [1.54, 1.807) is 12.1 Å². The number of hydrogen-bond acceptors (Lipinski definition) is 5. The fourth-order valence-corrected chi connectivity index (χ4v) is 1.85. The van der Waals surface area contributed by atoms with Gasteiger partial charge in [0, 0.05) is 5.56 Å². The average molecular weight is 273 g/mol. The lowest BCUT2D eigenvalue weighted by molar-refractivity contribution is 0.282. The molecule has 0 bridgehead atoms. The van der Waals surface area contributed by atoms with Gasteiger partial charge in [-0.05, 0) is 24.3 Å². The van der Waals surface area contributed by atoms with Crippen LogP contribution in [0.25, 0.3) is 22.6 Å². The van der Waals surface area contributed by atoms with Crippen LogP contribution in [0.15, 0.2) is 46.9 Å². The summed E-state index contributed by atoms with van der Waals surface area (Å²) in [6.45, 7) is 0. The monoisotopic (exact) mass is 273 g/mol. The van der Waals surface area contributed by atoms with Crippen molar-refractivity contribution in [3.8, 4) is 17.2 Å². The molecular weight excluding hydrogens is 264 g/mol. The lowest BCUT2D eigenvalue weighted by Crippen LogP contribution is -2.21. The predicted molar refractivity (Wildman–Crippen MR) is 70.2 cm³/mol. The summed E-state index contributed by atoms with van der Waals surface area (Å²) in [5.41, 5.74) is 0.941. The molecule has 1 aromatic heterocycles. The largest absolute Gasteiger partial charge is 0.707 e. The molecule has 0 radical (unpaired) electrons. The normalized spacial score (nSPS) is 10.8. The number of aromatic nitrogens is 1. The molecular formula is C13H9BFNO4. The van der Waals surface area contributed by atoms with Crippen LogP contribution in [-0.2, 0) is 0 Å². The summed E-state index contributed by atoms with van der Waals surface area (Å²) >= 11 is 0. The molecule has 0 aliphatic rings. The number of benzene rings is 2. The van der Waals surface area contributed by atoms with Crippen LogP contribution in [0.3, 0.4) is 0 Å². The molecule has 3 rings (SSSR count). The summed E-state index contributed by atoms with van der Waals surface area (Å²) in [6, 6.07) is 11.8. The van der Waals surface area contributed by atoms with Crippen LogP contribution < -0.4 is 4.65 Å². The molecule has 1 heterocycles. The maximum Gasteiger partial charge on any atom is 0.707 e. The van der Waals surface area contributed by atoms with Crippen molar-refractivity contribution >= 4 is 18.4 Å². The molecule has 0 atom stereocenters. The van der Waals surface area contributed by atoms with E-state index in [0.29, 0.717) is 11.1 Å². The van der Waals surface area contributed by atoms with Crippen LogP contribution in [0, 0.1) is 5.82 Å². The second kappa shape index (κ2) is 4.95. The molecule has 0 saturated heterocycles. The molecule has 2 aromatic carbocycles. The number of hydrogen-bond donors (Lipinski definition) is 2. The van der Waals surface area contributed by atoms with Crippen molar-refractivity contribution < 1.29 is 23.5 Å². The molecule has 7 heteroatoms. The summed E-state index contributed by atoms with van der Waals surface area (Å²) in [5, 5.41) is 17.4. The maximum absolute atomic E-state index is 14.1. The Morgan fingerprint density at radius 3 is 2.55 bits per heavy atom. The van der Waals surface area contributed by atoms with Crippen LogP contribution in [0.2, 0.25) is 0 Å². The van der Waals surface area contributed by atoms with Gasteiger partial charge < -0.3 is 19.1 Å². The average Bonchev–Trinajstić information content (AvgIpc) is 2.87. The zero-order valence-electron chi connectivity index (χ0n) is 10.2. The Morgan fingerprint density at radius 2 is 1.85 bits per heavy atom. The highest BCUT2D eigenvalue weighted by Crippen LogP contribution is 2.30. The van der Waals surface area contributed by atoms with Gasteiger partial charge in [-0.1, -0.05) is 18.2 Å². The highest BCUT2D eigenvalue weighted by molar-refractivity contribution is 6.33. The van der Waals surface area contributed by atoms with E-state index in [0.717, 1.165) is 0 Å². The summed E-state index contributed by atoms with van der Waals surface area (Å²) in [5.74, 6) is -0.866. The van der Waals surface area contributed by atoms with Crippen LogP contribution in [0.1, 0.15) is 0 Å². The zero-order chi connectivity index (χ0) is 14.1. The molecule has 2 N–H and O–H groups in total. The van der Waals surface area contributed by atoms with Crippen molar-refractivity contribution in [2.45, 2.75) is 0 Å². The summed E-state index contributed by atoms with van der Waals surface area (Å²) in [4.78, 5) is 4.18.